The first-order chi connectivity index (χ1) is 6.28. The molecule has 0 aliphatic heterocycles. The monoisotopic (exact) mass is 264 g/mol. The van der Waals surface area contributed by atoms with Crippen molar-refractivity contribution in [2.45, 2.75) is 38.9 Å². The standard InChI is InChI=1S/C10H17BrO3/c1-7(5-10(2,3)4)8(11)9(13)14-6-12/h6-8H,5H2,1-4H3. The fourth-order valence-corrected chi connectivity index (χ4v) is 1.71. The maximum Gasteiger partial charge on any atom is 0.327 e. The van der Waals surface area contributed by atoms with Crippen LogP contribution in [0.25, 0.3) is 0 Å². The van der Waals surface area contributed by atoms with Crippen molar-refractivity contribution in [1.82, 2.24) is 0 Å². The molecule has 0 aromatic heterocycles. The lowest BCUT2D eigenvalue weighted by molar-refractivity contribution is -0.151. The van der Waals surface area contributed by atoms with Gasteiger partial charge in [0.05, 0.1) is 0 Å². The predicted molar refractivity (Wildman–Crippen MR) is 58.1 cm³/mol. The molecule has 2 unspecified atom stereocenters. The molecule has 0 saturated carbocycles. The van der Waals surface area contributed by atoms with E-state index in [1.807, 2.05) is 6.92 Å². The number of alkyl halides is 1. The quantitative estimate of drug-likeness (QED) is 0.339. The topological polar surface area (TPSA) is 43.4 Å². The Balaban J connectivity index is 4.17. The zero-order valence-electron chi connectivity index (χ0n) is 9.04. The molecule has 82 valence electrons. The van der Waals surface area contributed by atoms with E-state index in [9.17, 15) is 9.59 Å². The Bertz CT molecular complexity index is 208. The van der Waals surface area contributed by atoms with Crippen molar-refractivity contribution in [3.63, 3.8) is 0 Å². The third-order valence-corrected chi connectivity index (χ3v) is 3.10. The second-order valence-electron chi connectivity index (χ2n) is 4.68. The molecule has 0 rings (SSSR count). The number of halogens is 1. The highest BCUT2D eigenvalue weighted by molar-refractivity contribution is 9.10. The van der Waals surface area contributed by atoms with E-state index < -0.39 is 10.8 Å². The Hall–Kier alpha value is -0.380. The molecule has 0 aliphatic carbocycles. The van der Waals surface area contributed by atoms with Crippen LogP contribution in [0.3, 0.4) is 0 Å². The van der Waals surface area contributed by atoms with Crippen LogP contribution < -0.4 is 0 Å². The summed E-state index contributed by atoms with van der Waals surface area (Å²) in [4.78, 5) is 20.7. The third-order valence-electron chi connectivity index (χ3n) is 1.82. The molecule has 0 amide bonds. The van der Waals surface area contributed by atoms with Crippen molar-refractivity contribution in [3.05, 3.63) is 0 Å². The fourth-order valence-electron chi connectivity index (χ4n) is 1.41. The van der Waals surface area contributed by atoms with Crippen LogP contribution in [0.4, 0.5) is 0 Å². The van der Waals surface area contributed by atoms with Crippen molar-refractivity contribution < 1.29 is 14.3 Å². The summed E-state index contributed by atoms with van der Waals surface area (Å²) in [7, 11) is 0. The average molecular weight is 265 g/mol. The summed E-state index contributed by atoms with van der Waals surface area (Å²) in [6.07, 6.45) is 0.886. The maximum atomic E-state index is 11.2. The van der Waals surface area contributed by atoms with E-state index >= 15 is 0 Å². The van der Waals surface area contributed by atoms with E-state index in [2.05, 4.69) is 41.4 Å². The van der Waals surface area contributed by atoms with E-state index in [0.717, 1.165) is 6.42 Å². The Kier molecular flexibility index (Phi) is 5.34. The van der Waals surface area contributed by atoms with Crippen LogP contribution in [0, 0.1) is 11.3 Å². The summed E-state index contributed by atoms with van der Waals surface area (Å²) in [5, 5.41) is 0. The third kappa shape index (κ3) is 5.37. The lowest BCUT2D eigenvalue weighted by atomic mass is 9.84. The van der Waals surface area contributed by atoms with Crippen molar-refractivity contribution in [1.29, 1.82) is 0 Å². The summed E-state index contributed by atoms with van der Waals surface area (Å²) in [5.41, 5.74) is 0.160. The molecular formula is C10H17BrO3. The van der Waals surface area contributed by atoms with Gasteiger partial charge in [0, 0.05) is 0 Å². The van der Waals surface area contributed by atoms with Crippen molar-refractivity contribution in [2.75, 3.05) is 0 Å². The molecule has 0 radical (unpaired) electrons. The molecule has 0 N–H and O–H groups in total. The number of carbonyl (C=O) groups is 2. The summed E-state index contributed by atoms with van der Waals surface area (Å²) in [6.45, 7) is 8.44. The van der Waals surface area contributed by atoms with E-state index in [4.69, 9.17) is 0 Å². The van der Waals surface area contributed by atoms with Crippen LogP contribution >= 0.6 is 15.9 Å². The van der Waals surface area contributed by atoms with Gasteiger partial charge in [-0.05, 0) is 17.8 Å². The maximum absolute atomic E-state index is 11.2. The highest BCUT2D eigenvalue weighted by Crippen LogP contribution is 2.29. The lowest BCUT2D eigenvalue weighted by Crippen LogP contribution is -2.27. The smallest absolute Gasteiger partial charge is 0.327 e. The highest BCUT2D eigenvalue weighted by atomic mass is 79.9. The molecule has 0 aliphatic rings. The van der Waals surface area contributed by atoms with Gasteiger partial charge in [0.1, 0.15) is 4.83 Å². The molecule has 0 aromatic carbocycles. The van der Waals surface area contributed by atoms with E-state index in [1.54, 1.807) is 0 Å². The van der Waals surface area contributed by atoms with Crippen LogP contribution in [0.2, 0.25) is 0 Å². The summed E-state index contributed by atoms with van der Waals surface area (Å²) in [6, 6.07) is 0. The van der Waals surface area contributed by atoms with Crippen molar-refractivity contribution >= 4 is 28.4 Å². The van der Waals surface area contributed by atoms with Gasteiger partial charge in [-0.1, -0.05) is 43.6 Å². The number of hydrogen-bond acceptors (Lipinski definition) is 3. The Morgan fingerprint density at radius 2 is 2.00 bits per heavy atom. The Labute approximate surface area is 93.3 Å². The SMILES string of the molecule is CC(CC(C)(C)C)C(Br)C(=O)OC=O. The molecule has 0 saturated heterocycles. The van der Waals surface area contributed by atoms with Crippen LogP contribution in [-0.2, 0) is 14.3 Å². The second-order valence-corrected chi connectivity index (χ2v) is 5.66. The predicted octanol–water partition coefficient (Wildman–Crippen LogP) is 2.52. The van der Waals surface area contributed by atoms with Gasteiger partial charge in [0.25, 0.3) is 0 Å². The molecule has 0 bridgehead atoms. The van der Waals surface area contributed by atoms with Gasteiger partial charge in [-0.3, -0.25) is 9.59 Å². The summed E-state index contributed by atoms with van der Waals surface area (Å²) in [5.74, 6) is -0.376. The van der Waals surface area contributed by atoms with Crippen molar-refractivity contribution in [3.8, 4) is 0 Å². The number of ether oxygens (including phenoxy) is 1. The van der Waals surface area contributed by atoms with Gasteiger partial charge in [-0.25, -0.2) is 0 Å². The minimum Gasteiger partial charge on any atom is -0.395 e. The van der Waals surface area contributed by atoms with Crippen LogP contribution in [0.5, 0.6) is 0 Å². The fraction of sp³-hybridized carbons (Fsp3) is 0.800. The number of hydrogen-bond donors (Lipinski definition) is 0. The molecule has 14 heavy (non-hydrogen) atoms. The van der Waals surface area contributed by atoms with Gasteiger partial charge < -0.3 is 4.74 Å². The first-order valence-corrected chi connectivity index (χ1v) is 5.47. The second kappa shape index (κ2) is 5.49. The lowest BCUT2D eigenvalue weighted by Gasteiger charge is -2.25. The van der Waals surface area contributed by atoms with Gasteiger partial charge >= 0.3 is 12.4 Å². The minimum absolute atomic E-state index is 0.141. The largest absolute Gasteiger partial charge is 0.395 e. The molecule has 3 nitrogen and oxygen atoms in total. The average Bonchev–Trinajstić information content (AvgIpc) is 2.00. The van der Waals surface area contributed by atoms with Gasteiger partial charge in [-0.2, -0.15) is 0 Å². The molecule has 0 spiro atoms. The zero-order chi connectivity index (χ0) is 11.4. The van der Waals surface area contributed by atoms with Gasteiger partial charge in [0.2, 0.25) is 0 Å². The highest BCUT2D eigenvalue weighted by Gasteiger charge is 2.27. The minimum atomic E-state index is -0.517. The van der Waals surface area contributed by atoms with Crippen LogP contribution in [0.1, 0.15) is 34.1 Å². The number of rotatable bonds is 4. The zero-order valence-corrected chi connectivity index (χ0v) is 10.6. The van der Waals surface area contributed by atoms with E-state index in [-0.39, 0.29) is 17.8 Å². The molecule has 0 heterocycles. The summed E-state index contributed by atoms with van der Waals surface area (Å²) < 4.78 is 4.27. The Morgan fingerprint density at radius 1 is 1.50 bits per heavy atom. The first kappa shape index (κ1) is 13.6. The molecular weight excluding hydrogens is 248 g/mol. The number of esters is 1. The summed E-state index contributed by atoms with van der Waals surface area (Å²) >= 11 is 3.23. The van der Waals surface area contributed by atoms with Gasteiger partial charge in [-0.15, -0.1) is 0 Å². The first-order valence-electron chi connectivity index (χ1n) is 4.56. The molecule has 0 fully saturated rings. The molecule has 4 heteroatoms. The normalized spacial score (nSPS) is 15.8. The molecule has 2 atom stereocenters. The van der Waals surface area contributed by atoms with E-state index in [1.165, 1.54) is 0 Å². The van der Waals surface area contributed by atoms with Gasteiger partial charge in [0.15, 0.2) is 0 Å². The van der Waals surface area contributed by atoms with Crippen LogP contribution in [0.15, 0.2) is 0 Å². The van der Waals surface area contributed by atoms with E-state index in [0.29, 0.717) is 0 Å². The van der Waals surface area contributed by atoms with Crippen LogP contribution in [-0.4, -0.2) is 17.3 Å². The Morgan fingerprint density at radius 3 is 2.36 bits per heavy atom. The van der Waals surface area contributed by atoms with Crippen molar-refractivity contribution in [2.24, 2.45) is 11.3 Å². The number of carbonyl (C=O) groups excluding carboxylic acids is 2. The molecule has 0 aromatic rings.